The Balaban J connectivity index is 1.41. The molecule has 0 aliphatic carbocycles. The normalized spacial score (nSPS) is 10.9. The van der Waals surface area contributed by atoms with Crippen LogP contribution in [0.25, 0.3) is 21.5 Å². The van der Waals surface area contributed by atoms with E-state index in [2.05, 4.69) is 59.9 Å². The van der Waals surface area contributed by atoms with Crippen LogP contribution in [0.15, 0.2) is 84.9 Å². The molecule has 1 amide bonds. The van der Waals surface area contributed by atoms with Crippen LogP contribution < -0.4 is 5.32 Å². The molecule has 2 heteroatoms. The van der Waals surface area contributed by atoms with E-state index in [0.717, 1.165) is 12.0 Å². The van der Waals surface area contributed by atoms with E-state index < -0.39 is 0 Å². The van der Waals surface area contributed by atoms with E-state index in [0.29, 0.717) is 13.0 Å². The highest BCUT2D eigenvalue weighted by atomic mass is 16.1. The number of rotatable bonds is 5. The van der Waals surface area contributed by atoms with E-state index >= 15 is 0 Å². The smallest absolute Gasteiger partial charge is 0.220 e. The largest absolute Gasteiger partial charge is 0.352 e. The van der Waals surface area contributed by atoms with Gasteiger partial charge in [0.1, 0.15) is 0 Å². The summed E-state index contributed by atoms with van der Waals surface area (Å²) in [4.78, 5) is 12.4. The van der Waals surface area contributed by atoms with Crippen LogP contribution in [0.4, 0.5) is 0 Å². The molecule has 0 unspecified atom stereocenters. The number of nitrogens with one attached hydrogen (secondary N) is 1. The highest BCUT2D eigenvalue weighted by Crippen LogP contribution is 2.20. The summed E-state index contributed by atoms with van der Waals surface area (Å²) in [6.45, 7) is 0.565. The molecule has 0 aliphatic rings. The van der Waals surface area contributed by atoms with Crippen molar-refractivity contribution in [3.8, 4) is 0 Å². The van der Waals surface area contributed by atoms with Crippen molar-refractivity contribution in [3.63, 3.8) is 0 Å². The topological polar surface area (TPSA) is 29.1 Å². The van der Waals surface area contributed by atoms with E-state index in [1.54, 1.807) is 0 Å². The molecule has 0 spiro atoms. The Morgan fingerprint density at radius 3 is 1.88 bits per heavy atom. The van der Waals surface area contributed by atoms with Crippen molar-refractivity contribution in [1.82, 2.24) is 5.32 Å². The molecule has 0 aromatic heterocycles. The molecule has 0 saturated heterocycles. The summed E-state index contributed by atoms with van der Waals surface area (Å²) in [5.74, 6) is 0.0888. The summed E-state index contributed by atoms with van der Waals surface area (Å²) in [5.41, 5.74) is 2.38. The molecule has 4 aromatic carbocycles. The maximum atomic E-state index is 12.4. The molecule has 0 atom stereocenters. The highest BCUT2D eigenvalue weighted by molar-refractivity contribution is 5.87. The van der Waals surface area contributed by atoms with Crippen LogP contribution in [-0.2, 0) is 17.8 Å². The van der Waals surface area contributed by atoms with Gasteiger partial charge in [-0.05, 0) is 39.1 Å². The first kappa shape index (κ1) is 16.3. The van der Waals surface area contributed by atoms with Crippen LogP contribution >= 0.6 is 0 Å². The number of carbonyl (C=O) groups is 1. The van der Waals surface area contributed by atoms with E-state index in [4.69, 9.17) is 0 Å². The fourth-order valence-corrected chi connectivity index (χ4v) is 3.49. The molecular weight excluding hydrogens is 318 g/mol. The molecule has 0 aliphatic heterocycles. The number of hydrogen-bond donors (Lipinski definition) is 1. The summed E-state index contributed by atoms with van der Waals surface area (Å²) in [6.07, 6.45) is 1.25. The van der Waals surface area contributed by atoms with E-state index in [-0.39, 0.29) is 5.91 Å². The van der Waals surface area contributed by atoms with Gasteiger partial charge < -0.3 is 5.32 Å². The predicted molar refractivity (Wildman–Crippen MR) is 108 cm³/mol. The molecule has 4 rings (SSSR count). The third-order valence-electron chi connectivity index (χ3n) is 4.86. The maximum Gasteiger partial charge on any atom is 0.220 e. The minimum atomic E-state index is 0.0888. The van der Waals surface area contributed by atoms with Crippen LogP contribution in [0.5, 0.6) is 0 Å². The first-order chi connectivity index (χ1) is 12.8. The summed E-state index contributed by atoms with van der Waals surface area (Å²) in [6, 6.07) is 29.1. The predicted octanol–water partition coefficient (Wildman–Crippen LogP) is 5.24. The second-order valence-corrected chi connectivity index (χ2v) is 6.55. The first-order valence-corrected chi connectivity index (χ1v) is 9.01. The molecule has 1 N–H and O–H groups in total. The number of aryl methyl sites for hydroxylation is 1. The third kappa shape index (κ3) is 3.45. The lowest BCUT2D eigenvalue weighted by atomic mass is 10.0. The van der Waals surface area contributed by atoms with Gasteiger partial charge in [-0.2, -0.15) is 0 Å². The van der Waals surface area contributed by atoms with Gasteiger partial charge in [-0.3, -0.25) is 4.79 Å². The molecular formula is C24H21NO. The minimum absolute atomic E-state index is 0.0888. The molecule has 0 saturated carbocycles. The molecule has 0 fully saturated rings. The highest BCUT2D eigenvalue weighted by Gasteiger charge is 2.06. The lowest BCUT2D eigenvalue weighted by Crippen LogP contribution is -2.23. The van der Waals surface area contributed by atoms with Gasteiger partial charge in [0.25, 0.3) is 0 Å². The summed E-state index contributed by atoms with van der Waals surface area (Å²) in [7, 11) is 0. The Morgan fingerprint density at radius 1 is 0.654 bits per heavy atom. The quantitative estimate of drug-likeness (QED) is 0.529. The minimum Gasteiger partial charge on any atom is -0.352 e. The number of fused-ring (bicyclic) bond motifs is 2. The average molecular weight is 339 g/mol. The Kier molecular flexibility index (Phi) is 4.65. The SMILES string of the molecule is O=C(CCc1cccc2ccccc12)NCc1cccc2ccccc12. The van der Waals surface area contributed by atoms with Crippen molar-refractivity contribution in [3.05, 3.63) is 96.1 Å². The Hall–Kier alpha value is -3.13. The van der Waals surface area contributed by atoms with Gasteiger partial charge >= 0.3 is 0 Å². The van der Waals surface area contributed by atoms with Gasteiger partial charge in [-0.15, -0.1) is 0 Å². The van der Waals surface area contributed by atoms with E-state index in [1.165, 1.54) is 27.1 Å². The molecule has 0 heterocycles. The number of benzene rings is 4. The van der Waals surface area contributed by atoms with Gasteiger partial charge in [-0.25, -0.2) is 0 Å². The lowest BCUT2D eigenvalue weighted by Gasteiger charge is -2.09. The molecule has 0 bridgehead atoms. The molecule has 4 aromatic rings. The van der Waals surface area contributed by atoms with Crippen molar-refractivity contribution in [2.24, 2.45) is 0 Å². The van der Waals surface area contributed by atoms with Crippen molar-refractivity contribution in [2.75, 3.05) is 0 Å². The van der Waals surface area contributed by atoms with Gasteiger partial charge in [0, 0.05) is 13.0 Å². The van der Waals surface area contributed by atoms with Gasteiger partial charge in [-0.1, -0.05) is 84.9 Å². The second kappa shape index (κ2) is 7.40. The van der Waals surface area contributed by atoms with Crippen LogP contribution in [0.1, 0.15) is 17.5 Å². The summed E-state index contributed by atoms with van der Waals surface area (Å²) < 4.78 is 0. The average Bonchev–Trinajstić information content (AvgIpc) is 2.70. The lowest BCUT2D eigenvalue weighted by molar-refractivity contribution is -0.121. The monoisotopic (exact) mass is 339 g/mol. The van der Waals surface area contributed by atoms with Crippen LogP contribution in [0.3, 0.4) is 0 Å². The Labute approximate surface area is 153 Å². The van der Waals surface area contributed by atoms with Crippen LogP contribution in [0.2, 0.25) is 0 Å². The Bertz CT molecular complexity index is 972. The maximum absolute atomic E-state index is 12.4. The van der Waals surface area contributed by atoms with Gasteiger partial charge in [0.05, 0.1) is 0 Å². The fraction of sp³-hybridized carbons (Fsp3) is 0.125. The fourth-order valence-electron chi connectivity index (χ4n) is 3.49. The summed E-state index contributed by atoms with van der Waals surface area (Å²) >= 11 is 0. The zero-order valence-corrected chi connectivity index (χ0v) is 14.6. The van der Waals surface area contributed by atoms with Crippen LogP contribution in [-0.4, -0.2) is 5.91 Å². The molecule has 0 radical (unpaired) electrons. The number of carbonyl (C=O) groups excluding carboxylic acids is 1. The van der Waals surface area contributed by atoms with Crippen molar-refractivity contribution >= 4 is 27.5 Å². The standard InChI is InChI=1S/C24H21NO/c26-24(16-15-20-11-5-9-18-7-1-3-13-22(18)20)25-17-21-12-6-10-19-8-2-4-14-23(19)21/h1-14H,15-17H2,(H,25,26). The van der Waals surface area contributed by atoms with Crippen molar-refractivity contribution < 1.29 is 4.79 Å². The third-order valence-corrected chi connectivity index (χ3v) is 4.86. The zero-order chi connectivity index (χ0) is 17.8. The molecule has 128 valence electrons. The van der Waals surface area contributed by atoms with Crippen LogP contribution in [0, 0.1) is 0 Å². The molecule has 26 heavy (non-hydrogen) atoms. The summed E-state index contributed by atoms with van der Waals surface area (Å²) in [5, 5.41) is 7.93. The number of amides is 1. The van der Waals surface area contributed by atoms with E-state index in [9.17, 15) is 4.79 Å². The van der Waals surface area contributed by atoms with Crippen molar-refractivity contribution in [1.29, 1.82) is 0 Å². The van der Waals surface area contributed by atoms with E-state index in [1.807, 2.05) is 30.3 Å². The first-order valence-electron chi connectivity index (χ1n) is 9.01. The Morgan fingerprint density at radius 2 is 1.19 bits per heavy atom. The number of hydrogen-bond acceptors (Lipinski definition) is 1. The van der Waals surface area contributed by atoms with Gasteiger partial charge in [0.2, 0.25) is 5.91 Å². The molecule has 2 nitrogen and oxygen atoms in total. The van der Waals surface area contributed by atoms with Gasteiger partial charge in [0.15, 0.2) is 0 Å². The van der Waals surface area contributed by atoms with Crippen molar-refractivity contribution in [2.45, 2.75) is 19.4 Å². The second-order valence-electron chi connectivity index (χ2n) is 6.55. The zero-order valence-electron chi connectivity index (χ0n) is 14.6.